The summed E-state index contributed by atoms with van der Waals surface area (Å²) in [6.07, 6.45) is 5.51. The molecule has 0 radical (unpaired) electrons. The van der Waals surface area contributed by atoms with E-state index in [1.165, 1.54) is 0 Å². The molecule has 5 rings (SSSR count). The number of nitrogens with one attached hydrogen (secondary N) is 1. The molecule has 0 saturated heterocycles. The highest BCUT2D eigenvalue weighted by Crippen LogP contribution is 2.37. The number of hydrogen-bond acceptors (Lipinski definition) is 3. The second-order valence-corrected chi connectivity index (χ2v) is 8.70. The Morgan fingerprint density at radius 1 is 1.06 bits per heavy atom. The summed E-state index contributed by atoms with van der Waals surface area (Å²) >= 11 is 11.9. The molecule has 2 aliphatic rings. The van der Waals surface area contributed by atoms with Gasteiger partial charge in [-0.05, 0) is 53.6 Å². The first-order chi connectivity index (χ1) is 15.0. The standard InChI is InChI=1S/C24H20Cl2N2O3/c25-16-3-1-14(2-4-16)15-7-8-28(13-15)19-10-18(11-19)27-24(30)23-12-21(29)20-9-17(26)5-6-22(20)31-23/h1-10,13,18,21,23,29H,11-12H2,(H,27,30)/t18?,21-,23+/m1/s1. The van der Waals surface area contributed by atoms with E-state index in [2.05, 4.69) is 22.1 Å². The number of hydrogen-bond donors (Lipinski definition) is 2. The lowest BCUT2D eigenvalue weighted by Crippen LogP contribution is -2.47. The molecular formula is C24H20Cl2N2O3. The number of aromatic nitrogens is 1. The number of halogens is 2. The number of aliphatic hydroxyl groups is 1. The van der Waals surface area contributed by atoms with E-state index in [9.17, 15) is 9.90 Å². The summed E-state index contributed by atoms with van der Waals surface area (Å²) in [5.74, 6) is 0.268. The zero-order chi connectivity index (χ0) is 21.5. The number of ether oxygens (including phenoxy) is 1. The van der Waals surface area contributed by atoms with Gasteiger partial charge in [0.2, 0.25) is 0 Å². The van der Waals surface area contributed by atoms with Gasteiger partial charge < -0.3 is 19.7 Å². The van der Waals surface area contributed by atoms with E-state index < -0.39 is 12.2 Å². The fourth-order valence-electron chi connectivity index (χ4n) is 3.95. The van der Waals surface area contributed by atoms with Gasteiger partial charge in [-0.3, -0.25) is 4.79 Å². The van der Waals surface area contributed by atoms with Crippen molar-refractivity contribution in [3.05, 3.63) is 82.6 Å². The van der Waals surface area contributed by atoms with Gasteiger partial charge in [-0.2, -0.15) is 0 Å². The van der Waals surface area contributed by atoms with Gasteiger partial charge in [-0.15, -0.1) is 0 Å². The molecule has 158 valence electrons. The number of fused-ring (bicyclic) bond motifs is 1. The van der Waals surface area contributed by atoms with Crippen LogP contribution in [0.25, 0.3) is 16.8 Å². The van der Waals surface area contributed by atoms with Crippen LogP contribution in [0.15, 0.2) is 67.0 Å². The average Bonchev–Trinajstić information content (AvgIpc) is 3.20. The Balaban J connectivity index is 1.21. The van der Waals surface area contributed by atoms with Crippen LogP contribution in [-0.4, -0.2) is 27.7 Å². The van der Waals surface area contributed by atoms with E-state index in [4.69, 9.17) is 27.9 Å². The van der Waals surface area contributed by atoms with E-state index in [1.807, 2.05) is 36.5 Å². The van der Waals surface area contributed by atoms with Crippen molar-refractivity contribution in [2.24, 2.45) is 0 Å². The summed E-state index contributed by atoms with van der Waals surface area (Å²) in [6.45, 7) is 0. The van der Waals surface area contributed by atoms with Crippen LogP contribution in [0.1, 0.15) is 24.5 Å². The van der Waals surface area contributed by atoms with Crippen molar-refractivity contribution in [3.63, 3.8) is 0 Å². The normalized spacial score (nSPS) is 22.0. The van der Waals surface area contributed by atoms with E-state index in [-0.39, 0.29) is 18.4 Å². The summed E-state index contributed by atoms with van der Waals surface area (Å²) < 4.78 is 7.86. The van der Waals surface area contributed by atoms with Crippen molar-refractivity contribution >= 4 is 34.8 Å². The Labute approximate surface area is 189 Å². The molecule has 31 heavy (non-hydrogen) atoms. The summed E-state index contributed by atoms with van der Waals surface area (Å²) in [4.78, 5) is 12.7. The van der Waals surface area contributed by atoms with Crippen molar-refractivity contribution in [2.45, 2.75) is 31.1 Å². The largest absolute Gasteiger partial charge is 0.480 e. The Hall–Kier alpha value is -2.73. The summed E-state index contributed by atoms with van der Waals surface area (Å²) in [5.41, 5.74) is 3.94. The third kappa shape index (κ3) is 4.09. The minimum absolute atomic E-state index is 0.0590. The van der Waals surface area contributed by atoms with Crippen LogP contribution in [0.2, 0.25) is 10.0 Å². The topological polar surface area (TPSA) is 63.5 Å². The zero-order valence-electron chi connectivity index (χ0n) is 16.5. The average molecular weight is 455 g/mol. The van der Waals surface area contributed by atoms with Crippen LogP contribution < -0.4 is 10.1 Å². The van der Waals surface area contributed by atoms with Crippen molar-refractivity contribution in [2.75, 3.05) is 0 Å². The van der Waals surface area contributed by atoms with Gasteiger partial charge in [0.15, 0.2) is 6.10 Å². The van der Waals surface area contributed by atoms with Gasteiger partial charge in [-0.25, -0.2) is 0 Å². The van der Waals surface area contributed by atoms with Crippen LogP contribution in [0.5, 0.6) is 5.75 Å². The highest BCUT2D eigenvalue weighted by atomic mass is 35.5. The number of rotatable bonds is 4. The van der Waals surface area contributed by atoms with Crippen LogP contribution in [0, 0.1) is 0 Å². The molecule has 7 heteroatoms. The van der Waals surface area contributed by atoms with Gasteiger partial charge in [0.1, 0.15) is 5.75 Å². The molecule has 1 aliphatic carbocycles. The lowest BCUT2D eigenvalue weighted by atomic mass is 9.96. The van der Waals surface area contributed by atoms with Crippen molar-refractivity contribution < 1.29 is 14.6 Å². The molecular weight excluding hydrogens is 435 g/mol. The predicted octanol–water partition coefficient (Wildman–Crippen LogP) is 5.08. The molecule has 5 nitrogen and oxygen atoms in total. The van der Waals surface area contributed by atoms with Crippen molar-refractivity contribution in [3.8, 4) is 16.9 Å². The first-order valence-electron chi connectivity index (χ1n) is 10.1. The van der Waals surface area contributed by atoms with E-state index in [1.54, 1.807) is 18.2 Å². The van der Waals surface area contributed by atoms with E-state index in [0.717, 1.165) is 23.2 Å². The van der Waals surface area contributed by atoms with Crippen molar-refractivity contribution in [1.29, 1.82) is 0 Å². The van der Waals surface area contributed by atoms with Crippen LogP contribution >= 0.6 is 23.2 Å². The zero-order valence-corrected chi connectivity index (χ0v) is 18.0. The maximum atomic E-state index is 12.7. The van der Waals surface area contributed by atoms with Gasteiger partial charge in [0.25, 0.3) is 5.91 Å². The molecule has 0 saturated carbocycles. The second kappa shape index (κ2) is 8.08. The Morgan fingerprint density at radius 3 is 2.58 bits per heavy atom. The molecule has 1 aromatic heterocycles. The molecule has 1 amide bonds. The molecule has 0 fully saturated rings. The maximum Gasteiger partial charge on any atom is 0.261 e. The number of carbonyl (C=O) groups is 1. The highest BCUT2D eigenvalue weighted by Gasteiger charge is 2.33. The second-order valence-electron chi connectivity index (χ2n) is 7.83. The van der Waals surface area contributed by atoms with Gasteiger partial charge in [-0.1, -0.05) is 35.3 Å². The van der Waals surface area contributed by atoms with Gasteiger partial charge >= 0.3 is 0 Å². The van der Waals surface area contributed by atoms with Gasteiger partial charge in [0, 0.05) is 46.5 Å². The molecule has 3 aromatic rings. The van der Waals surface area contributed by atoms with Gasteiger partial charge in [0.05, 0.1) is 12.1 Å². The Morgan fingerprint density at radius 2 is 1.81 bits per heavy atom. The summed E-state index contributed by atoms with van der Waals surface area (Å²) in [7, 11) is 0. The minimum Gasteiger partial charge on any atom is -0.480 e. The fraction of sp³-hybridized carbons (Fsp3) is 0.208. The number of nitrogens with zero attached hydrogens (tertiary/aromatic N) is 1. The molecule has 2 aromatic carbocycles. The number of carbonyl (C=O) groups excluding carboxylic acids is 1. The molecule has 3 atom stereocenters. The lowest BCUT2D eigenvalue weighted by Gasteiger charge is -2.32. The Kier molecular flexibility index (Phi) is 5.26. The smallest absolute Gasteiger partial charge is 0.261 e. The van der Waals surface area contributed by atoms with Crippen LogP contribution in [0.3, 0.4) is 0 Å². The lowest BCUT2D eigenvalue weighted by molar-refractivity contribution is -0.130. The predicted molar refractivity (Wildman–Crippen MR) is 121 cm³/mol. The fourth-order valence-corrected chi connectivity index (χ4v) is 4.26. The summed E-state index contributed by atoms with van der Waals surface area (Å²) in [5, 5.41) is 14.6. The third-order valence-electron chi connectivity index (χ3n) is 5.68. The maximum absolute atomic E-state index is 12.7. The Bertz CT molecular complexity index is 1170. The number of amides is 1. The number of aliphatic hydroxyl groups excluding tert-OH is 1. The highest BCUT2D eigenvalue weighted by molar-refractivity contribution is 6.31. The minimum atomic E-state index is -0.781. The quantitative estimate of drug-likeness (QED) is 0.577. The van der Waals surface area contributed by atoms with Crippen LogP contribution in [-0.2, 0) is 4.79 Å². The molecule has 1 aliphatic heterocycles. The molecule has 2 N–H and O–H groups in total. The summed E-state index contributed by atoms with van der Waals surface area (Å²) in [6, 6.07) is 14.8. The SMILES string of the molecule is O=C(NC1C=C(n2ccc(-c3ccc(Cl)cc3)c2)C1)[C@@H]1C[C@@H](O)c2cc(Cl)ccc2O1. The first kappa shape index (κ1) is 20.2. The van der Waals surface area contributed by atoms with E-state index >= 15 is 0 Å². The monoisotopic (exact) mass is 454 g/mol. The first-order valence-corrected chi connectivity index (χ1v) is 10.8. The molecule has 0 spiro atoms. The molecule has 2 heterocycles. The third-order valence-corrected chi connectivity index (χ3v) is 6.17. The van der Waals surface area contributed by atoms with Crippen molar-refractivity contribution in [1.82, 2.24) is 9.88 Å². The van der Waals surface area contributed by atoms with Crippen LogP contribution in [0.4, 0.5) is 0 Å². The molecule has 1 unspecified atom stereocenters. The number of benzene rings is 2. The molecule has 0 bridgehead atoms. The van der Waals surface area contributed by atoms with E-state index in [0.29, 0.717) is 21.4 Å².